The van der Waals surface area contributed by atoms with E-state index in [2.05, 4.69) is 15.6 Å². The minimum atomic E-state index is -0.192. The van der Waals surface area contributed by atoms with E-state index < -0.39 is 0 Å². The van der Waals surface area contributed by atoms with E-state index in [4.69, 9.17) is 5.26 Å². The topological polar surface area (TPSA) is 94.9 Å². The van der Waals surface area contributed by atoms with Gasteiger partial charge in [0.05, 0.1) is 23.7 Å². The Balaban J connectivity index is 1.64. The Hall–Kier alpha value is -3.50. The molecule has 2 amide bonds. The van der Waals surface area contributed by atoms with Crippen molar-refractivity contribution in [3.63, 3.8) is 0 Å². The van der Waals surface area contributed by atoms with E-state index in [-0.39, 0.29) is 18.2 Å². The van der Waals surface area contributed by atoms with Crippen LogP contribution < -0.4 is 10.6 Å². The Kier molecular flexibility index (Phi) is 5.59. The van der Waals surface area contributed by atoms with Crippen LogP contribution in [-0.4, -0.2) is 16.8 Å². The summed E-state index contributed by atoms with van der Waals surface area (Å²) in [7, 11) is 0. The van der Waals surface area contributed by atoms with Crippen molar-refractivity contribution in [1.82, 2.24) is 4.98 Å². The molecule has 2 N–H and O–H groups in total. The number of benzene rings is 2. The number of amides is 2. The van der Waals surface area contributed by atoms with Crippen molar-refractivity contribution in [3.05, 3.63) is 65.2 Å². The lowest BCUT2D eigenvalue weighted by Gasteiger charge is -2.04. The summed E-state index contributed by atoms with van der Waals surface area (Å²) < 4.78 is 0. The monoisotopic (exact) mass is 376 g/mol. The van der Waals surface area contributed by atoms with Crippen molar-refractivity contribution < 1.29 is 9.59 Å². The van der Waals surface area contributed by atoms with E-state index in [9.17, 15) is 9.59 Å². The first kappa shape index (κ1) is 18.3. The summed E-state index contributed by atoms with van der Waals surface area (Å²) in [6, 6.07) is 16.2. The molecular formula is C20H16N4O2S. The molecule has 7 heteroatoms. The minimum absolute atomic E-state index is 0.120. The Morgan fingerprint density at radius 3 is 2.59 bits per heavy atom. The number of hydrogen-bond donors (Lipinski definition) is 2. The average molecular weight is 376 g/mol. The fraction of sp³-hybridized carbons (Fsp3) is 0.100. The molecule has 0 saturated heterocycles. The van der Waals surface area contributed by atoms with Crippen molar-refractivity contribution in [2.75, 3.05) is 10.6 Å². The smallest absolute Gasteiger partial charge is 0.230 e. The molecule has 0 aliphatic heterocycles. The quantitative estimate of drug-likeness (QED) is 0.708. The molecule has 0 fully saturated rings. The number of aromatic nitrogens is 1. The van der Waals surface area contributed by atoms with Crippen molar-refractivity contribution in [2.45, 2.75) is 13.3 Å². The number of nitriles is 1. The summed E-state index contributed by atoms with van der Waals surface area (Å²) in [6.45, 7) is 1.46. The molecule has 3 aromatic rings. The van der Waals surface area contributed by atoms with Crippen LogP contribution in [0.3, 0.4) is 0 Å². The van der Waals surface area contributed by atoms with E-state index in [1.165, 1.54) is 18.3 Å². The Labute approximate surface area is 160 Å². The van der Waals surface area contributed by atoms with Crippen LogP contribution in [0, 0.1) is 11.3 Å². The van der Waals surface area contributed by atoms with E-state index in [0.717, 1.165) is 16.3 Å². The molecule has 0 atom stereocenters. The van der Waals surface area contributed by atoms with E-state index in [1.807, 2.05) is 35.7 Å². The van der Waals surface area contributed by atoms with Crippen molar-refractivity contribution in [3.8, 4) is 16.6 Å². The lowest BCUT2D eigenvalue weighted by atomic mass is 10.2. The fourth-order valence-electron chi connectivity index (χ4n) is 2.46. The predicted molar refractivity (Wildman–Crippen MR) is 105 cm³/mol. The third-order valence-electron chi connectivity index (χ3n) is 3.62. The fourth-order valence-corrected chi connectivity index (χ4v) is 3.28. The third-order valence-corrected chi connectivity index (χ3v) is 4.56. The van der Waals surface area contributed by atoms with Gasteiger partial charge < -0.3 is 10.6 Å². The Bertz CT molecular complexity index is 1020. The van der Waals surface area contributed by atoms with Gasteiger partial charge in [0.15, 0.2) is 0 Å². The zero-order valence-corrected chi connectivity index (χ0v) is 15.3. The lowest BCUT2D eigenvalue weighted by Crippen LogP contribution is -2.14. The van der Waals surface area contributed by atoms with Gasteiger partial charge in [0.1, 0.15) is 5.01 Å². The molecule has 1 aromatic heterocycles. The van der Waals surface area contributed by atoms with E-state index in [0.29, 0.717) is 16.9 Å². The van der Waals surface area contributed by atoms with Crippen LogP contribution in [0.25, 0.3) is 10.6 Å². The molecular weight excluding hydrogens is 360 g/mol. The first-order chi connectivity index (χ1) is 13.0. The highest BCUT2D eigenvalue weighted by atomic mass is 32.1. The summed E-state index contributed by atoms with van der Waals surface area (Å²) >= 11 is 1.46. The number of carbonyl (C=O) groups is 2. The van der Waals surface area contributed by atoms with Gasteiger partial charge in [0, 0.05) is 29.2 Å². The summed E-state index contributed by atoms with van der Waals surface area (Å²) in [5.41, 5.74) is 3.40. The number of carbonyl (C=O) groups excluding carboxylic acids is 2. The molecule has 6 nitrogen and oxygen atoms in total. The Morgan fingerprint density at radius 1 is 1.11 bits per heavy atom. The predicted octanol–water partition coefficient (Wildman–Crippen LogP) is 3.82. The van der Waals surface area contributed by atoms with E-state index in [1.54, 1.807) is 24.3 Å². The van der Waals surface area contributed by atoms with Gasteiger partial charge in [-0.25, -0.2) is 4.98 Å². The number of rotatable bonds is 5. The van der Waals surface area contributed by atoms with Crippen LogP contribution in [0.2, 0.25) is 0 Å². The highest BCUT2D eigenvalue weighted by Crippen LogP contribution is 2.25. The van der Waals surface area contributed by atoms with Crippen LogP contribution >= 0.6 is 11.3 Å². The van der Waals surface area contributed by atoms with Crippen LogP contribution in [0.5, 0.6) is 0 Å². The normalized spacial score (nSPS) is 10.1. The summed E-state index contributed by atoms with van der Waals surface area (Å²) in [5.74, 6) is -0.312. The second-order valence-electron chi connectivity index (χ2n) is 5.82. The first-order valence-electron chi connectivity index (χ1n) is 8.16. The SMILES string of the molecule is CC(=O)Nc1ccc(-c2nc(CC(=O)Nc3cccc(C#N)c3)cs2)cc1. The molecule has 0 bridgehead atoms. The van der Waals surface area contributed by atoms with E-state index >= 15 is 0 Å². The van der Waals surface area contributed by atoms with Gasteiger partial charge in [-0.3, -0.25) is 9.59 Å². The summed E-state index contributed by atoms with van der Waals surface area (Å²) in [5, 5.41) is 17.1. The molecule has 0 spiro atoms. The lowest BCUT2D eigenvalue weighted by molar-refractivity contribution is -0.116. The molecule has 0 unspecified atom stereocenters. The van der Waals surface area contributed by atoms with Gasteiger partial charge in [-0.1, -0.05) is 6.07 Å². The van der Waals surface area contributed by atoms with Crippen LogP contribution in [0.1, 0.15) is 18.2 Å². The van der Waals surface area contributed by atoms with Crippen LogP contribution in [-0.2, 0) is 16.0 Å². The van der Waals surface area contributed by atoms with Gasteiger partial charge in [0.2, 0.25) is 11.8 Å². The van der Waals surface area contributed by atoms with Crippen molar-refractivity contribution in [2.24, 2.45) is 0 Å². The highest BCUT2D eigenvalue weighted by molar-refractivity contribution is 7.13. The van der Waals surface area contributed by atoms with Gasteiger partial charge in [0.25, 0.3) is 0 Å². The highest BCUT2D eigenvalue weighted by Gasteiger charge is 2.10. The molecule has 27 heavy (non-hydrogen) atoms. The maximum atomic E-state index is 12.2. The molecule has 0 radical (unpaired) electrons. The average Bonchev–Trinajstić information content (AvgIpc) is 3.10. The maximum absolute atomic E-state index is 12.2. The maximum Gasteiger partial charge on any atom is 0.230 e. The van der Waals surface area contributed by atoms with Gasteiger partial charge in [-0.15, -0.1) is 11.3 Å². The molecule has 3 rings (SSSR count). The minimum Gasteiger partial charge on any atom is -0.326 e. The Morgan fingerprint density at radius 2 is 1.89 bits per heavy atom. The zero-order valence-electron chi connectivity index (χ0n) is 14.5. The second-order valence-corrected chi connectivity index (χ2v) is 6.68. The van der Waals surface area contributed by atoms with Crippen molar-refractivity contribution in [1.29, 1.82) is 5.26 Å². The van der Waals surface area contributed by atoms with Gasteiger partial charge in [-0.05, 0) is 42.5 Å². The number of hydrogen-bond acceptors (Lipinski definition) is 5. The molecule has 0 saturated carbocycles. The zero-order chi connectivity index (χ0) is 19.2. The second kappa shape index (κ2) is 8.25. The first-order valence-corrected chi connectivity index (χ1v) is 9.04. The number of anilines is 2. The van der Waals surface area contributed by atoms with Crippen LogP contribution in [0.15, 0.2) is 53.9 Å². The summed E-state index contributed by atoms with van der Waals surface area (Å²) in [6.07, 6.45) is 0.150. The number of thiazole rings is 1. The third kappa shape index (κ3) is 5.00. The number of nitrogens with one attached hydrogen (secondary N) is 2. The summed E-state index contributed by atoms with van der Waals surface area (Å²) in [4.78, 5) is 27.8. The molecule has 0 aliphatic carbocycles. The molecule has 134 valence electrons. The molecule has 1 heterocycles. The molecule has 2 aromatic carbocycles. The molecule has 0 aliphatic rings. The largest absolute Gasteiger partial charge is 0.326 e. The standard InChI is InChI=1S/C20H16N4O2S/c1-13(25)22-16-7-5-15(6-8-16)20-24-18(12-27-20)10-19(26)23-17-4-2-3-14(9-17)11-21/h2-9,12H,10H2,1H3,(H,22,25)(H,23,26). The van der Waals surface area contributed by atoms with Gasteiger partial charge >= 0.3 is 0 Å². The number of nitrogens with zero attached hydrogens (tertiary/aromatic N) is 2. The van der Waals surface area contributed by atoms with Crippen LogP contribution in [0.4, 0.5) is 11.4 Å². The van der Waals surface area contributed by atoms with Gasteiger partial charge in [-0.2, -0.15) is 5.26 Å². The van der Waals surface area contributed by atoms with Crippen molar-refractivity contribution >= 4 is 34.5 Å².